The maximum atomic E-state index is 13.3. The first kappa shape index (κ1) is 19.7. The lowest BCUT2D eigenvalue weighted by molar-refractivity contribution is -0.145. The second kappa shape index (κ2) is 7.47. The van der Waals surface area contributed by atoms with Gasteiger partial charge in [-0.05, 0) is 61.8 Å². The van der Waals surface area contributed by atoms with Gasteiger partial charge in [-0.3, -0.25) is 9.69 Å². The molecule has 1 saturated heterocycles. The van der Waals surface area contributed by atoms with Gasteiger partial charge in [0.2, 0.25) is 10.0 Å². The van der Waals surface area contributed by atoms with Crippen LogP contribution in [0.25, 0.3) is 0 Å². The standard InChI is InChI=1S/C23H32N2O3S/c26-22(23-13-19-10-20(14-23)12-21(11-19)15-23)16-24-6-8-25(9-7-24)29(27,28)17-18-4-2-1-3-5-18/h1-5,19-21H,6-17H2. The summed E-state index contributed by atoms with van der Waals surface area (Å²) in [5.41, 5.74) is 0.776. The van der Waals surface area contributed by atoms with Gasteiger partial charge in [-0.15, -0.1) is 0 Å². The van der Waals surface area contributed by atoms with E-state index in [-0.39, 0.29) is 11.2 Å². The Morgan fingerprint density at radius 3 is 2.00 bits per heavy atom. The largest absolute Gasteiger partial charge is 0.298 e. The molecular formula is C23H32N2O3S. The van der Waals surface area contributed by atoms with E-state index in [0.29, 0.717) is 38.5 Å². The van der Waals surface area contributed by atoms with Crippen LogP contribution in [-0.4, -0.2) is 56.1 Å². The molecule has 4 bridgehead atoms. The lowest BCUT2D eigenvalue weighted by atomic mass is 9.48. The minimum atomic E-state index is -3.30. The number of piperazine rings is 1. The zero-order chi connectivity index (χ0) is 20.1. The van der Waals surface area contributed by atoms with Crippen LogP contribution in [0, 0.1) is 23.2 Å². The number of hydrogen-bond acceptors (Lipinski definition) is 4. The zero-order valence-electron chi connectivity index (χ0n) is 17.1. The van der Waals surface area contributed by atoms with Crippen LogP contribution in [0.15, 0.2) is 30.3 Å². The number of benzene rings is 1. The smallest absolute Gasteiger partial charge is 0.218 e. The van der Waals surface area contributed by atoms with E-state index in [1.807, 2.05) is 30.3 Å². The van der Waals surface area contributed by atoms with Gasteiger partial charge in [-0.25, -0.2) is 8.42 Å². The zero-order valence-corrected chi connectivity index (χ0v) is 17.9. The summed E-state index contributed by atoms with van der Waals surface area (Å²) in [6, 6.07) is 9.36. The van der Waals surface area contributed by atoms with Gasteiger partial charge >= 0.3 is 0 Å². The predicted molar refractivity (Wildman–Crippen MR) is 113 cm³/mol. The second-order valence-corrected chi connectivity index (χ2v) is 12.0. The maximum absolute atomic E-state index is 13.3. The number of nitrogens with zero attached hydrogens (tertiary/aromatic N) is 2. The summed E-state index contributed by atoms with van der Waals surface area (Å²) in [5, 5.41) is 0. The number of sulfonamides is 1. The summed E-state index contributed by atoms with van der Waals surface area (Å²) in [4.78, 5) is 15.5. The molecule has 0 radical (unpaired) electrons. The Morgan fingerprint density at radius 1 is 0.897 bits per heavy atom. The van der Waals surface area contributed by atoms with E-state index >= 15 is 0 Å². The van der Waals surface area contributed by atoms with Crippen molar-refractivity contribution < 1.29 is 13.2 Å². The third-order valence-corrected chi connectivity index (χ3v) is 9.76. The normalized spacial score (nSPS) is 35.1. The molecule has 0 aromatic heterocycles. The number of ketones is 1. The van der Waals surface area contributed by atoms with E-state index in [9.17, 15) is 13.2 Å². The number of carbonyl (C=O) groups is 1. The van der Waals surface area contributed by atoms with Crippen LogP contribution in [0.5, 0.6) is 0 Å². The molecule has 5 fully saturated rings. The summed E-state index contributed by atoms with van der Waals surface area (Å²) in [6.45, 7) is 2.81. The first-order valence-corrected chi connectivity index (χ1v) is 12.8. The molecule has 1 aliphatic heterocycles. The Bertz CT molecular complexity index is 824. The molecule has 0 atom stereocenters. The highest BCUT2D eigenvalue weighted by atomic mass is 32.2. The van der Waals surface area contributed by atoms with Gasteiger partial charge in [0.1, 0.15) is 0 Å². The van der Waals surface area contributed by atoms with Gasteiger partial charge in [-0.1, -0.05) is 30.3 Å². The summed E-state index contributed by atoms with van der Waals surface area (Å²) >= 11 is 0. The molecule has 1 aromatic carbocycles. The number of carbonyl (C=O) groups excluding carboxylic acids is 1. The molecule has 29 heavy (non-hydrogen) atoms. The first-order valence-electron chi connectivity index (χ1n) is 11.2. The van der Waals surface area contributed by atoms with E-state index < -0.39 is 10.0 Å². The molecule has 1 heterocycles. The fourth-order valence-electron chi connectivity index (χ4n) is 6.86. The van der Waals surface area contributed by atoms with Crippen molar-refractivity contribution >= 4 is 15.8 Å². The Balaban J connectivity index is 1.17. The molecule has 0 unspecified atom stereocenters. The van der Waals surface area contributed by atoms with Crippen LogP contribution in [-0.2, 0) is 20.6 Å². The van der Waals surface area contributed by atoms with Crippen molar-refractivity contribution in [2.45, 2.75) is 44.3 Å². The van der Waals surface area contributed by atoms with E-state index in [0.717, 1.165) is 42.6 Å². The maximum Gasteiger partial charge on any atom is 0.218 e. The van der Waals surface area contributed by atoms with Gasteiger partial charge in [0.25, 0.3) is 0 Å². The Kier molecular flexibility index (Phi) is 5.08. The summed E-state index contributed by atoms with van der Waals surface area (Å²) in [5.74, 6) is 2.85. The summed E-state index contributed by atoms with van der Waals surface area (Å²) in [6.07, 6.45) is 7.40. The Labute approximate surface area is 174 Å². The first-order chi connectivity index (χ1) is 13.9. The summed E-state index contributed by atoms with van der Waals surface area (Å²) < 4.78 is 27.1. The molecule has 1 aromatic rings. The van der Waals surface area contributed by atoms with E-state index in [2.05, 4.69) is 4.90 Å². The third kappa shape index (κ3) is 3.91. The lowest BCUT2D eigenvalue weighted by Crippen LogP contribution is -2.55. The van der Waals surface area contributed by atoms with Gasteiger partial charge in [-0.2, -0.15) is 4.31 Å². The molecule has 5 aliphatic rings. The number of rotatable bonds is 6. The van der Waals surface area contributed by atoms with Crippen LogP contribution >= 0.6 is 0 Å². The molecule has 6 rings (SSSR count). The minimum Gasteiger partial charge on any atom is -0.298 e. The molecule has 6 heteroatoms. The molecule has 158 valence electrons. The van der Waals surface area contributed by atoms with E-state index in [4.69, 9.17) is 0 Å². The molecular weight excluding hydrogens is 384 g/mol. The van der Waals surface area contributed by atoms with Crippen molar-refractivity contribution in [3.8, 4) is 0 Å². The monoisotopic (exact) mass is 416 g/mol. The molecule has 0 N–H and O–H groups in total. The highest BCUT2D eigenvalue weighted by Gasteiger charge is 2.54. The molecule has 4 aliphatic carbocycles. The fourth-order valence-corrected chi connectivity index (χ4v) is 8.38. The van der Waals surface area contributed by atoms with Crippen LogP contribution in [0.3, 0.4) is 0 Å². The van der Waals surface area contributed by atoms with Crippen molar-refractivity contribution in [2.24, 2.45) is 23.2 Å². The van der Waals surface area contributed by atoms with Crippen molar-refractivity contribution in [3.63, 3.8) is 0 Å². The topological polar surface area (TPSA) is 57.7 Å². The van der Waals surface area contributed by atoms with Crippen LogP contribution < -0.4 is 0 Å². The Hall–Kier alpha value is -1.24. The average Bonchev–Trinajstić information content (AvgIpc) is 2.68. The van der Waals surface area contributed by atoms with Gasteiger partial charge in [0, 0.05) is 31.6 Å². The lowest BCUT2D eigenvalue weighted by Gasteiger charge is -2.56. The van der Waals surface area contributed by atoms with Crippen LogP contribution in [0.2, 0.25) is 0 Å². The summed E-state index contributed by atoms with van der Waals surface area (Å²) in [7, 11) is -3.30. The average molecular weight is 417 g/mol. The van der Waals surface area contributed by atoms with Crippen molar-refractivity contribution in [1.29, 1.82) is 0 Å². The third-order valence-electron chi connectivity index (χ3n) is 7.91. The van der Waals surface area contributed by atoms with Crippen molar-refractivity contribution in [2.75, 3.05) is 32.7 Å². The van der Waals surface area contributed by atoms with Gasteiger partial charge in [0.05, 0.1) is 12.3 Å². The molecule has 5 nitrogen and oxygen atoms in total. The highest BCUT2D eigenvalue weighted by Crippen LogP contribution is 2.60. The Morgan fingerprint density at radius 2 is 1.45 bits per heavy atom. The highest BCUT2D eigenvalue weighted by molar-refractivity contribution is 7.88. The fraction of sp³-hybridized carbons (Fsp3) is 0.696. The van der Waals surface area contributed by atoms with Crippen molar-refractivity contribution in [1.82, 2.24) is 9.21 Å². The van der Waals surface area contributed by atoms with Crippen molar-refractivity contribution in [3.05, 3.63) is 35.9 Å². The number of hydrogen-bond donors (Lipinski definition) is 0. The molecule has 0 amide bonds. The van der Waals surface area contributed by atoms with Crippen LogP contribution in [0.1, 0.15) is 44.1 Å². The van der Waals surface area contributed by atoms with Crippen LogP contribution in [0.4, 0.5) is 0 Å². The van der Waals surface area contributed by atoms with Gasteiger partial charge in [0.15, 0.2) is 5.78 Å². The van der Waals surface area contributed by atoms with E-state index in [1.165, 1.54) is 19.3 Å². The predicted octanol–water partition coefficient (Wildman–Crippen LogP) is 2.92. The van der Waals surface area contributed by atoms with E-state index in [1.54, 1.807) is 4.31 Å². The SMILES string of the molecule is O=C(CN1CCN(S(=O)(=O)Cc2ccccc2)CC1)C12CC3CC(CC(C3)C1)C2. The quantitative estimate of drug-likeness (QED) is 0.716. The molecule has 4 saturated carbocycles. The van der Waals surface area contributed by atoms with Gasteiger partial charge < -0.3 is 0 Å². The number of Topliss-reactive ketones (excluding diaryl/α,β-unsaturated/α-hetero) is 1. The second-order valence-electron chi connectivity index (χ2n) is 10.0. The molecule has 0 spiro atoms. The minimum absolute atomic E-state index is 0.0503.